The molecule has 0 saturated heterocycles. The van der Waals surface area contributed by atoms with Crippen molar-refractivity contribution in [2.24, 2.45) is 0 Å². The Hall–Kier alpha value is -2.92. The number of anilines is 1. The summed E-state index contributed by atoms with van der Waals surface area (Å²) < 4.78 is 6.57. The molecule has 0 N–H and O–H groups in total. The van der Waals surface area contributed by atoms with Gasteiger partial charge in [0.1, 0.15) is 5.76 Å². The molecule has 2 heterocycles. The van der Waals surface area contributed by atoms with Crippen LogP contribution in [0.3, 0.4) is 0 Å². The molecule has 0 spiro atoms. The van der Waals surface area contributed by atoms with Gasteiger partial charge in [0.2, 0.25) is 0 Å². The van der Waals surface area contributed by atoms with Crippen LogP contribution in [0.15, 0.2) is 59.2 Å². The number of benzene rings is 2. The predicted molar refractivity (Wildman–Crippen MR) is 109 cm³/mol. The van der Waals surface area contributed by atoms with E-state index >= 15 is 0 Å². The zero-order valence-corrected chi connectivity index (χ0v) is 16.3. The third kappa shape index (κ3) is 3.38. The summed E-state index contributed by atoms with van der Waals surface area (Å²) in [4.78, 5) is 19.8. The molecule has 0 aliphatic heterocycles. The van der Waals surface area contributed by atoms with Crippen LogP contribution in [0.25, 0.3) is 10.2 Å². The molecule has 5 heteroatoms. The number of thiazole rings is 1. The first kappa shape index (κ1) is 17.5. The molecule has 0 atom stereocenters. The summed E-state index contributed by atoms with van der Waals surface area (Å²) in [6, 6.07) is 15.5. The lowest BCUT2D eigenvalue weighted by Crippen LogP contribution is -2.30. The van der Waals surface area contributed by atoms with Crippen LogP contribution >= 0.6 is 11.3 Å². The second-order valence-electron chi connectivity index (χ2n) is 6.69. The van der Waals surface area contributed by atoms with E-state index in [1.807, 2.05) is 43.3 Å². The van der Waals surface area contributed by atoms with Gasteiger partial charge in [-0.3, -0.25) is 9.69 Å². The SMILES string of the molecule is Cc1cccc(C(=O)N(Cc2ccco2)c2nc3c(C)c(C)ccc3s2)c1. The molecule has 27 heavy (non-hydrogen) atoms. The average molecular weight is 376 g/mol. The lowest BCUT2D eigenvalue weighted by Gasteiger charge is -2.19. The first-order valence-corrected chi connectivity index (χ1v) is 9.62. The third-order valence-electron chi connectivity index (χ3n) is 4.71. The van der Waals surface area contributed by atoms with E-state index in [0.717, 1.165) is 27.1 Å². The van der Waals surface area contributed by atoms with Crippen LogP contribution in [-0.4, -0.2) is 10.9 Å². The van der Waals surface area contributed by atoms with Crippen molar-refractivity contribution in [2.75, 3.05) is 4.90 Å². The zero-order valence-electron chi connectivity index (χ0n) is 15.5. The minimum Gasteiger partial charge on any atom is -0.467 e. The lowest BCUT2D eigenvalue weighted by atomic mass is 10.1. The van der Waals surface area contributed by atoms with Gasteiger partial charge in [0.15, 0.2) is 5.13 Å². The van der Waals surface area contributed by atoms with Crippen LogP contribution in [0.4, 0.5) is 5.13 Å². The molecule has 2 aromatic carbocycles. The van der Waals surface area contributed by atoms with Gasteiger partial charge in [-0.05, 0) is 62.2 Å². The van der Waals surface area contributed by atoms with Gasteiger partial charge in [0.05, 0.1) is 23.0 Å². The second-order valence-corrected chi connectivity index (χ2v) is 7.70. The summed E-state index contributed by atoms with van der Waals surface area (Å²) in [7, 11) is 0. The zero-order chi connectivity index (χ0) is 19.0. The Morgan fingerprint density at radius 2 is 1.96 bits per heavy atom. The molecule has 2 aromatic heterocycles. The van der Waals surface area contributed by atoms with Gasteiger partial charge in [-0.1, -0.05) is 35.1 Å². The number of hydrogen-bond acceptors (Lipinski definition) is 4. The fourth-order valence-electron chi connectivity index (χ4n) is 3.05. The number of carbonyl (C=O) groups is 1. The maximum atomic E-state index is 13.3. The largest absolute Gasteiger partial charge is 0.467 e. The number of carbonyl (C=O) groups excluding carboxylic acids is 1. The van der Waals surface area contributed by atoms with Crippen molar-refractivity contribution in [3.8, 4) is 0 Å². The standard InChI is InChI=1S/C22H20N2O2S/c1-14-6-4-7-17(12-14)21(25)24(13-18-8-5-11-26-18)22-23-20-16(3)15(2)9-10-19(20)27-22/h4-12H,13H2,1-3H3. The minimum atomic E-state index is -0.0801. The van der Waals surface area contributed by atoms with Gasteiger partial charge in [0, 0.05) is 5.56 Å². The van der Waals surface area contributed by atoms with Crippen molar-refractivity contribution >= 4 is 32.6 Å². The summed E-state index contributed by atoms with van der Waals surface area (Å²) in [5.74, 6) is 0.645. The molecule has 4 rings (SSSR count). The summed E-state index contributed by atoms with van der Waals surface area (Å²) >= 11 is 1.53. The summed E-state index contributed by atoms with van der Waals surface area (Å²) in [6.45, 7) is 6.47. The van der Waals surface area contributed by atoms with E-state index in [4.69, 9.17) is 9.40 Å². The van der Waals surface area contributed by atoms with Crippen LogP contribution in [0.2, 0.25) is 0 Å². The Balaban J connectivity index is 1.80. The maximum Gasteiger partial charge on any atom is 0.260 e. The predicted octanol–water partition coefficient (Wildman–Crippen LogP) is 5.66. The van der Waals surface area contributed by atoms with Gasteiger partial charge >= 0.3 is 0 Å². The van der Waals surface area contributed by atoms with E-state index in [1.54, 1.807) is 11.2 Å². The Morgan fingerprint density at radius 3 is 2.70 bits per heavy atom. The fraction of sp³-hybridized carbons (Fsp3) is 0.182. The fourth-order valence-corrected chi connectivity index (χ4v) is 4.07. The highest BCUT2D eigenvalue weighted by molar-refractivity contribution is 7.22. The minimum absolute atomic E-state index is 0.0801. The van der Waals surface area contributed by atoms with Crippen molar-refractivity contribution in [1.29, 1.82) is 0 Å². The second kappa shape index (κ2) is 7.00. The normalized spacial score (nSPS) is 11.1. The number of hydrogen-bond donors (Lipinski definition) is 0. The topological polar surface area (TPSA) is 46.3 Å². The van der Waals surface area contributed by atoms with E-state index < -0.39 is 0 Å². The number of aromatic nitrogens is 1. The first-order chi connectivity index (χ1) is 13.0. The van der Waals surface area contributed by atoms with E-state index in [-0.39, 0.29) is 5.91 Å². The van der Waals surface area contributed by atoms with Crippen molar-refractivity contribution in [3.63, 3.8) is 0 Å². The molecule has 0 unspecified atom stereocenters. The number of fused-ring (bicyclic) bond motifs is 1. The molecule has 1 amide bonds. The van der Waals surface area contributed by atoms with Gasteiger partial charge < -0.3 is 4.42 Å². The van der Waals surface area contributed by atoms with E-state index in [0.29, 0.717) is 17.2 Å². The maximum absolute atomic E-state index is 13.3. The van der Waals surface area contributed by atoms with Crippen LogP contribution in [0.1, 0.15) is 32.8 Å². The van der Waals surface area contributed by atoms with Crippen LogP contribution in [0.5, 0.6) is 0 Å². The summed E-state index contributed by atoms with van der Waals surface area (Å²) in [5, 5.41) is 0.682. The smallest absolute Gasteiger partial charge is 0.260 e. The average Bonchev–Trinajstić information content (AvgIpc) is 3.32. The van der Waals surface area contributed by atoms with Crippen molar-refractivity contribution < 1.29 is 9.21 Å². The monoisotopic (exact) mass is 376 g/mol. The Kier molecular flexibility index (Phi) is 4.54. The Morgan fingerprint density at radius 1 is 1.11 bits per heavy atom. The van der Waals surface area contributed by atoms with Gasteiger partial charge in [-0.15, -0.1) is 0 Å². The molecule has 0 saturated carbocycles. The highest BCUT2D eigenvalue weighted by Crippen LogP contribution is 2.33. The summed E-state index contributed by atoms with van der Waals surface area (Å²) in [6.07, 6.45) is 1.62. The van der Waals surface area contributed by atoms with Crippen LogP contribution in [-0.2, 0) is 6.54 Å². The molecule has 0 aliphatic rings. The highest BCUT2D eigenvalue weighted by Gasteiger charge is 2.23. The molecule has 0 bridgehead atoms. The number of aryl methyl sites for hydroxylation is 3. The van der Waals surface area contributed by atoms with Gasteiger partial charge in [-0.25, -0.2) is 4.98 Å². The molecule has 0 fully saturated rings. The number of furan rings is 1. The van der Waals surface area contributed by atoms with E-state index in [2.05, 4.69) is 26.0 Å². The quantitative estimate of drug-likeness (QED) is 0.461. The highest BCUT2D eigenvalue weighted by atomic mass is 32.1. The molecular formula is C22H20N2O2S. The summed E-state index contributed by atoms with van der Waals surface area (Å²) in [5.41, 5.74) is 5.00. The van der Waals surface area contributed by atoms with Crippen LogP contribution < -0.4 is 4.90 Å². The molecule has 4 aromatic rings. The molecular weight excluding hydrogens is 356 g/mol. The van der Waals surface area contributed by atoms with Crippen LogP contribution in [0, 0.1) is 20.8 Å². The number of nitrogens with zero attached hydrogens (tertiary/aromatic N) is 2. The van der Waals surface area contributed by atoms with Gasteiger partial charge in [-0.2, -0.15) is 0 Å². The van der Waals surface area contributed by atoms with E-state index in [1.165, 1.54) is 16.9 Å². The van der Waals surface area contributed by atoms with Crippen molar-refractivity contribution in [1.82, 2.24) is 4.98 Å². The van der Waals surface area contributed by atoms with Gasteiger partial charge in [0.25, 0.3) is 5.91 Å². The molecule has 0 radical (unpaired) electrons. The van der Waals surface area contributed by atoms with E-state index in [9.17, 15) is 4.79 Å². The van der Waals surface area contributed by atoms with Crippen molar-refractivity contribution in [3.05, 3.63) is 82.8 Å². The van der Waals surface area contributed by atoms with Crippen molar-refractivity contribution in [2.45, 2.75) is 27.3 Å². The third-order valence-corrected chi connectivity index (χ3v) is 5.75. The number of amides is 1. The lowest BCUT2D eigenvalue weighted by molar-refractivity contribution is 0.0983. The molecule has 4 nitrogen and oxygen atoms in total. The first-order valence-electron chi connectivity index (χ1n) is 8.80. The number of rotatable bonds is 4. The Bertz CT molecular complexity index is 1110. The molecule has 136 valence electrons. The Labute approximate surface area is 162 Å². The molecule has 0 aliphatic carbocycles.